The number of anilines is 1. The number of carbonyl (C=O) groups is 1. The second-order valence-electron chi connectivity index (χ2n) is 4.82. The van der Waals surface area contributed by atoms with E-state index in [0.717, 1.165) is 11.3 Å². The highest BCUT2D eigenvalue weighted by molar-refractivity contribution is 6.30. The van der Waals surface area contributed by atoms with Crippen LogP contribution in [0.2, 0.25) is 5.02 Å². The van der Waals surface area contributed by atoms with Crippen LogP contribution in [0.1, 0.15) is 11.3 Å². The summed E-state index contributed by atoms with van der Waals surface area (Å²) >= 11 is 5.81. The first-order chi connectivity index (χ1) is 10.0. The molecule has 6 heteroatoms. The Morgan fingerprint density at radius 1 is 1.24 bits per heavy atom. The zero-order valence-electron chi connectivity index (χ0n) is 12.0. The lowest BCUT2D eigenvalue weighted by atomic mass is 10.1. The molecule has 2 rings (SSSR count). The third kappa shape index (κ3) is 4.72. The molecule has 1 amide bonds. The van der Waals surface area contributed by atoms with Crippen LogP contribution in [0.4, 0.5) is 5.95 Å². The Labute approximate surface area is 129 Å². The SMILES string of the molecule is CN(C)c1nccc(CNC(=O)Cc2ccc(Cl)cc2)n1. The van der Waals surface area contributed by atoms with Crippen molar-refractivity contribution in [2.75, 3.05) is 19.0 Å². The van der Waals surface area contributed by atoms with Gasteiger partial charge < -0.3 is 10.2 Å². The summed E-state index contributed by atoms with van der Waals surface area (Å²) < 4.78 is 0. The molecule has 1 aromatic carbocycles. The molecule has 110 valence electrons. The van der Waals surface area contributed by atoms with Crippen molar-refractivity contribution >= 4 is 23.5 Å². The summed E-state index contributed by atoms with van der Waals surface area (Å²) in [5.74, 6) is 0.571. The van der Waals surface area contributed by atoms with E-state index in [0.29, 0.717) is 23.9 Å². The molecule has 21 heavy (non-hydrogen) atoms. The third-order valence-corrected chi connectivity index (χ3v) is 3.10. The molecule has 0 fully saturated rings. The smallest absolute Gasteiger partial charge is 0.225 e. The topological polar surface area (TPSA) is 58.1 Å². The van der Waals surface area contributed by atoms with Crippen molar-refractivity contribution in [3.05, 3.63) is 52.8 Å². The number of hydrogen-bond acceptors (Lipinski definition) is 4. The molecule has 0 unspecified atom stereocenters. The van der Waals surface area contributed by atoms with Crippen LogP contribution in [-0.4, -0.2) is 30.0 Å². The maximum absolute atomic E-state index is 11.9. The van der Waals surface area contributed by atoms with E-state index in [2.05, 4.69) is 15.3 Å². The monoisotopic (exact) mass is 304 g/mol. The maximum Gasteiger partial charge on any atom is 0.225 e. The van der Waals surface area contributed by atoms with Crippen LogP contribution in [0.3, 0.4) is 0 Å². The predicted octanol–water partition coefficient (Wildman–Crippen LogP) is 2.05. The van der Waals surface area contributed by atoms with Crippen LogP contribution in [0.15, 0.2) is 36.5 Å². The van der Waals surface area contributed by atoms with Gasteiger partial charge in [-0.15, -0.1) is 0 Å². The first kappa shape index (κ1) is 15.3. The molecule has 0 atom stereocenters. The second-order valence-corrected chi connectivity index (χ2v) is 5.26. The van der Waals surface area contributed by atoms with Crippen LogP contribution in [0.25, 0.3) is 0 Å². The summed E-state index contributed by atoms with van der Waals surface area (Å²) in [6.07, 6.45) is 2.01. The van der Waals surface area contributed by atoms with Crippen molar-refractivity contribution in [3.63, 3.8) is 0 Å². The van der Waals surface area contributed by atoms with E-state index in [1.807, 2.05) is 31.1 Å². The summed E-state index contributed by atoms with van der Waals surface area (Å²) in [4.78, 5) is 22.2. The quantitative estimate of drug-likeness (QED) is 0.918. The van der Waals surface area contributed by atoms with E-state index in [1.54, 1.807) is 24.4 Å². The van der Waals surface area contributed by atoms with Crippen LogP contribution in [0.5, 0.6) is 0 Å². The van der Waals surface area contributed by atoms with Gasteiger partial charge in [-0.1, -0.05) is 23.7 Å². The molecule has 1 heterocycles. The zero-order valence-corrected chi connectivity index (χ0v) is 12.8. The molecule has 0 spiro atoms. The number of rotatable bonds is 5. The first-order valence-corrected chi connectivity index (χ1v) is 6.93. The van der Waals surface area contributed by atoms with E-state index in [-0.39, 0.29) is 5.91 Å². The van der Waals surface area contributed by atoms with E-state index >= 15 is 0 Å². The lowest BCUT2D eigenvalue weighted by Crippen LogP contribution is -2.25. The van der Waals surface area contributed by atoms with Crippen molar-refractivity contribution in [2.45, 2.75) is 13.0 Å². The lowest BCUT2D eigenvalue weighted by molar-refractivity contribution is -0.120. The molecule has 0 aliphatic heterocycles. The number of carbonyl (C=O) groups excluding carboxylic acids is 1. The molecule has 0 aliphatic rings. The molecule has 0 aliphatic carbocycles. The Kier molecular flexibility index (Phi) is 5.11. The molecule has 0 radical (unpaired) electrons. The average molecular weight is 305 g/mol. The van der Waals surface area contributed by atoms with Crippen LogP contribution < -0.4 is 10.2 Å². The minimum absolute atomic E-state index is 0.0534. The first-order valence-electron chi connectivity index (χ1n) is 6.55. The Morgan fingerprint density at radius 2 is 1.95 bits per heavy atom. The largest absolute Gasteiger partial charge is 0.350 e. The van der Waals surface area contributed by atoms with Gasteiger partial charge in [0.05, 0.1) is 18.7 Å². The molecule has 0 saturated carbocycles. The van der Waals surface area contributed by atoms with Gasteiger partial charge in [-0.2, -0.15) is 0 Å². The third-order valence-electron chi connectivity index (χ3n) is 2.85. The summed E-state index contributed by atoms with van der Waals surface area (Å²) in [5.41, 5.74) is 1.70. The van der Waals surface area contributed by atoms with Crippen molar-refractivity contribution in [3.8, 4) is 0 Å². The molecule has 1 aromatic heterocycles. The van der Waals surface area contributed by atoms with Crippen LogP contribution in [0, 0.1) is 0 Å². The van der Waals surface area contributed by atoms with Gasteiger partial charge in [0.2, 0.25) is 11.9 Å². The fraction of sp³-hybridized carbons (Fsp3) is 0.267. The number of amides is 1. The second kappa shape index (κ2) is 7.04. The average Bonchev–Trinajstić information content (AvgIpc) is 2.48. The summed E-state index contributed by atoms with van der Waals surface area (Å²) in [5, 5.41) is 3.51. The number of halogens is 1. The van der Waals surface area contributed by atoms with Gasteiger partial charge in [0.1, 0.15) is 0 Å². The number of aromatic nitrogens is 2. The maximum atomic E-state index is 11.9. The van der Waals surface area contributed by atoms with Gasteiger partial charge >= 0.3 is 0 Å². The van der Waals surface area contributed by atoms with E-state index in [1.165, 1.54) is 0 Å². The Morgan fingerprint density at radius 3 is 2.62 bits per heavy atom. The van der Waals surface area contributed by atoms with Crippen molar-refractivity contribution in [2.24, 2.45) is 0 Å². The Bertz CT molecular complexity index is 613. The minimum Gasteiger partial charge on any atom is -0.350 e. The predicted molar refractivity (Wildman–Crippen MR) is 83.4 cm³/mol. The standard InChI is InChI=1S/C15H17ClN4O/c1-20(2)15-17-8-7-13(19-15)10-18-14(21)9-11-3-5-12(16)6-4-11/h3-8H,9-10H2,1-2H3,(H,18,21). The molecular formula is C15H17ClN4O. The Balaban J connectivity index is 1.89. The number of hydrogen-bond donors (Lipinski definition) is 1. The zero-order chi connectivity index (χ0) is 15.2. The van der Waals surface area contributed by atoms with Gasteiger partial charge in [-0.3, -0.25) is 4.79 Å². The molecular weight excluding hydrogens is 288 g/mol. The number of nitrogens with zero attached hydrogens (tertiary/aromatic N) is 3. The van der Waals surface area contributed by atoms with Crippen LogP contribution in [-0.2, 0) is 17.8 Å². The highest BCUT2D eigenvalue weighted by Gasteiger charge is 2.05. The number of nitrogens with one attached hydrogen (secondary N) is 1. The summed E-state index contributed by atoms with van der Waals surface area (Å²) in [6, 6.07) is 9.03. The van der Waals surface area contributed by atoms with Crippen LogP contribution >= 0.6 is 11.6 Å². The molecule has 0 bridgehead atoms. The van der Waals surface area contributed by atoms with Gasteiger partial charge in [0.15, 0.2) is 0 Å². The van der Waals surface area contributed by atoms with Crippen molar-refractivity contribution in [1.82, 2.24) is 15.3 Å². The summed E-state index contributed by atoms with van der Waals surface area (Å²) in [6.45, 7) is 0.385. The van der Waals surface area contributed by atoms with Crippen molar-refractivity contribution < 1.29 is 4.79 Å². The van der Waals surface area contributed by atoms with Gasteiger partial charge in [0, 0.05) is 25.3 Å². The van der Waals surface area contributed by atoms with E-state index in [9.17, 15) is 4.79 Å². The summed E-state index contributed by atoms with van der Waals surface area (Å²) in [7, 11) is 3.75. The van der Waals surface area contributed by atoms with E-state index < -0.39 is 0 Å². The molecule has 2 aromatic rings. The normalized spacial score (nSPS) is 10.2. The number of benzene rings is 1. The van der Waals surface area contributed by atoms with E-state index in [4.69, 9.17) is 11.6 Å². The fourth-order valence-corrected chi connectivity index (χ4v) is 1.86. The fourth-order valence-electron chi connectivity index (χ4n) is 1.74. The molecule has 1 N–H and O–H groups in total. The highest BCUT2D eigenvalue weighted by atomic mass is 35.5. The molecule has 0 saturated heterocycles. The lowest BCUT2D eigenvalue weighted by Gasteiger charge is -2.11. The van der Waals surface area contributed by atoms with Gasteiger partial charge in [0.25, 0.3) is 0 Å². The van der Waals surface area contributed by atoms with Gasteiger partial charge in [-0.05, 0) is 23.8 Å². The minimum atomic E-state index is -0.0534. The molecule has 5 nitrogen and oxygen atoms in total. The Hall–Kier alpha value is -2.14. The highest BCUT2D eigenvalue weighted by Crippen LogP contribution is 2.10. The van der Waals surface area contributed by atoms with Gasteiger partial charge in [-0.25, -0.2) is 9.97 Å². The van der Waals surface area contributed by atoms with Crippen molar-refractivity contribution in [1.29, 1.82) is 0 Å².